The first-order valence-electron chi connectivity index (χ1n) is 10.3. The van der Waals surface area contributed by atoms with Gasteiger partial charge < -0.3 is 9.64 Å². The first kappa shape index (κ1) is 19.9. The molecule has 0 unspecified atom stereocenters. The van der Waals surface area contributed by atoms with Crippen molar-refractivity contribution in [1.82, 2.24) is 14.7 Å². The molecule has 0 aliphatic carbocycles. The average Bonchev–Trinajstić information content (AvgIpc) is 3.26. The van der Waals surface area contributed by atoms with E-state index in [1.54, 1.807) is 10.9 Å². The highest BCUT2D eigenvalue weighted by Crippen LogP contribution is 2.27. The number of ether oxygens (including phenoxy) is 1. The molecule has 1 aliphatic rings. The molecule has 2 aromatic carbocycles. The third-order valence-electron chi connectivity index (χ3n) is 5.41. The number of carbonyl (C=O) groups excluding carboxylic acids is 2. The lowest BCUT2D eigenvalue weighted by Crippen LogP contribution is -2.40. The van der Waals surface area contributed by atoms with Crippen molar-refractivity contribution in [3.8, 4) is 16.9 Å². The Balaban J connectivity index is 1.61. The molecule has 1 aromatic heterocycles. The number of carbonyl (C=O) groups is 2. The Labute approximate surface area is 176 Å². The minimum Gasteiger partial charge on any atom is -0.466 e. The van der Waals surface area contributed by atoms with Crippen LogP contribution in [0.4, 0.5) is 0 Å². The number of amides is 1. The number of nitrogens with zero attached hydrogens (tertiary/aromatic N) is 3. The minimum atomic E-state index is -0.161. The molecule has 0 bridgehead atoms. The molecule has 6 heteroatoms. The highest BCUT2D eigenvalue weighted by atomic mass is 16.5. The van der Waals surface area contributed by atoms with E-state index in [0.29, 0.717) is 43.8 Å². The van der Waals surface area contributed by atoms with Crippen LogP contribution in [0, 0.1) is 5.92 Å². The molecule has 0 spiro atoms. The first-order chi connectivity index (χ1) is 14.7. The number of esters is 1. The number of rotatable bonds is 5. The van der Waals surface area contributed by atoms with E-state index in [1.807, 2.05) is 72.5 Å². The van der Waals surface area contributed by atoms with E-state index < -0.39 is 0 Å². The van der Waals surface area contributed by atoms with Gasteiger partial charge in [0.05, 0.1) is 23.8 Å². The van der Waals surface area contributed by atoms with Gasteiger partial charge in [-0.3, -0.25) is 9.59 Å². The van der Waals surface area contributed by atoms with Crippen molar-refractivity contribution in [3.05, 3.63) is 72.4 Å². The fraction of sp³-hybridized carbons (Fsp3) is 0.292. The molecule has 0 N–H and O–H groups in total. The number of benzene rings is 2. The van der Waals surface area contributed by atoms with Gasteiger partial charge in [-0.2, -0.15) is 5.10 Å². The van der Waals surface area contributed by atoms with Crippen LogP contribution in [0.2, 0.25) is 0 Å². The molecule has 1 saturated heterocycles. The fourth-order valence-electron chi connectivity index (χ4n) is 3.80. The highest BCUT2D eigenvalue weighted by molar-refractivity contribution is 6.00. The Hall–Kier alpha value is -3.41. The summed E-state index contributed by atoms with van der Waals surface area (Å²) in [4.78, 5) is 27.2. The number of aromatic nitrogens is 2. The molecular weight excluding hydrogens is 378 g/mol. The number of para-hydroxylation sites is 1. The summed E-state index contributed by atoms with van der Waals surface area (Å²) < 4.78 is 6.89. The molecule has 0 saturated carbocycles. The third-order valence-corrected chi connectivity index (χ3v) is 5.41. The second-order valence-electron chi connectivity index (χ2n) is 7.36. The lowest BCUT2D eigenvalue weighted by atomic mass is 9.96. The quantitative estimate of drug-likeness (QED) is 0.605. The average molecular weight is 403 g/mol. The summed E-state index contributed by atoms with van der Waals surface area (Å²) >= 11 is 0. The maximum Gasteiger partial charge on any atom is 0.309 e. The zero-order valence-electron chi connectivity index (χ0n) is 17.0. The van der Waals surface area contributed by atoms with Crippen molar-refractivity contribution < 1.29 is 14.3 Å². The van der Waals surface area contributed by atoms with E-state index in [0.717, 1.165) is 11.3 Å². The molecule has 1 aliphatic heterocycles. The zero-order valence-corrected chi connectivity index (χ0v) is 17.0. The number of hydrogen-bond acceptors (Lipinski definition) is 4. The smallest absolute Gasteiger partial charge is 0.309 e. The van der Waals surface area contributed by atoms with Crippen molar-refractivity contribution in [2.45, 2.75) is 19.8 Å². The van der Waals surface area contributed by atoms with Gasteiger partial charge in [0.2, 0.25) is 0 Å². The lowest BCUT2D eigenvalue weighted by Gasteiger charge is -2.30. The van der Waals surface area contributed by atoms with E-state index in [1.165, 1.54) is 0 Å². The molecule has 6 nitrogen and oxygen atoms in total. The van der Waals surface area contributed by atoms with E-state index in [-0.39, 0.29) is 17.8 Å². The monoisotopic (exact) mass is 403 g/mol. The van der Waals surface area contributed by atoms with Crippen LogP contribution in [0.15, 0.2) is 66.9 Å². The highest BCUT2D eigenvalue weighted by Gasteiger charge is 2.30. The van der Waals surface area contributed by atoms with Crippen LogP contribution in [0.1, 0.15) is 30.1 Å². The summed E-state index contributed by atoms with van der Waals surface area (Å²) in [7, 11) is 0. The van der Waals surface area contributed by atoms with Crippen molar-refractivity contribution in [1.29, 1.82) is 0 Å². The van der Waals surface area contributed by atoms with Gasteiger partial charge in [-0.25, -0.2) is 4.68 Å². The normalized spacial score (nSPS) is 14.5. The maximum atomic E-state index is 13.4. The van der Waals surface area contributed by atoms with Crippen LogP contribution in [0.3, 0.4) is 0 Å². The second-order valence-corrected chi connectivity index (χ2v) is 7.36. The number of piperidine rings is 1. The number of likely N-dealkylation sites (tertiary alicyclic amines) is 1. The van der Waals surface area contributed by atoms with Crippen LogP contribution in [-0.4, -0.2) is 46.3 Å². The van der Waals surface area contributed by atoms with E-state index >= 15 is 0 Å². The zero-order chi connectivity index (χ0) is 20.9. The van der Waals surface area contributed by atoms with Gasteiger partial charge in [0.25, 0.3) is 5.91 Å². The van der Waals surface area contributed by atoms with Crippen LogP contribution in [0.25, 0.3) is 16.9 Å². The molecule has 0 radical (unpaired) electrons. The van der Waals surface area contributed by atoms with Crippen molar-refractivity contribution in [2.24, 2.45) is 5.92 Å². The fourth-order valence-corrected chi connectivity index (χ4v) is 3.80. The summed E-state index contributed by atoms with van der Waals surface area (Å²) in [6.07, 6.45) is 3.05. The molecule has 30 heavy (non-hydrogen) atoms. The van der Waals surface area contributed by atoms with Gasteiger partial charge in [-0.05, 0) is 31.9 Å². The van der Waals surface area contributed by atoms with Crippen LogP contribution in [0.5, 0.6) is 0 Å². The van der Waals surface area contributed by atoms with Crippen LogP contribution < -0.4 is 0 Å². The summed E-state index contributed by atoms with van der Waals surface area (Å²) in [5, 5.41) is 4.73. The Bertz CT molecular complexity index is 1010. The lowest BCUT2D eigenvalue weighted by molar-refractivity contribution is -0.149. The molecule has 0 atom stereocenters. The molecule has 4 rings (SSSR count). The Kier molecular flexibility index (Phi) is 5.93. The topological polar surface area (TPSA) is 64.4 Å². The molecule has 1 amide bonds. The summed E-state index contributed by atoms with van der Waals surface area (Å²) in [5.41, 5.74) is 3.03. The van der Waals surface area contributed by atoms with Gasteiger partial charge in [0.15, 0.2) is 0 Å². The maximum absolute atomic E-state index is 13.4. The van der Waals surface area contributed by atoms with Gasteiger partial charge in [0.1, 0.15) is 5.69 Å². The number of hydrogen-bond donors (Lipinski definition) is 0. The van der Waals surface area contributed by atoms with E-state index in [2.05, 4.69) is 0 Å². The predicted molar refractivity (Wildman–Crippen MR) is 114 cm³/mol. The second kappa shape index (κ2) is 8.95. The Morgan fingerprint density at radius 1 is 1.00 bits per heavy atom. The van der Waals surface area contributed by atoms with E-state index in [4.69, 9.17) is 9.84 Å². The standard InChI is InChI=1S/C24H25N3O3/c1-2-30-24(29)19-13-15-26(16-14-19)23(28)21-17-27(20-11-7-4-8-12-20)25-22(21)18-9-5-3-6-10-18/h3-12,17,19H,2,13-16H2,1H3. The first-order valence-corrected chi connectivity index (χ1v) is 10.3. The van der Waals surface area contributed by atoms with Gasteiger partial charge in [-0.1, -0.05) is 48.5 Å². The van der Waals surface area contributed by atoms with Gasteiger partial charge >= 0.3 is 5.97 Å². The van der Waals surface area contributed by atoms with Gasteiger partial charge in [-0.15, -0.1) is 0 Å². The van der Waals surface area contributed by atoms with Crippen molar-refractivity contribution >= 4 is 11.9 Å². The molecular formula is C24H25N3O3. The molecule has 3 aromatic rings. The molecule has 2 heterocycles. The van der Waals surface area contributed by atoms with Crippen molar-refractivity contribution in [3.63, 3.8) is 0 Å². The summed E-state index contributed by atoms with van der Waals surface area (Å²) in [5.74, 6) is -0.348. The third kappa shape index (κ3) is 4.13. The minimum absolute atomic E-state index is 0.0571. The Morgan fingerprint density at radius 3 is 2.27 bits per heavy atom. The Morgan fingerprint density at radius 2 is 1.63 bits per heavy atom. The molecule has 154 valence electrons. The summed E-state index contributed by atoms with van der Waals surface area (Å²) in [6.45, 7) is 3.27. The van der Waals surface area contributed by atoms with Crippen LogP contribution >= 0.6 is 0 Å². The van der Waals surface area contributed by atoms with Crippen LogP contribution in [-0.2, 0) is 9.53 Å². The SMILES string of the molecule is CCOC(=O)C1CCN(C(=O)c2cn(-c3ccccc3)nc2-c2ccccc2)CC1. The van der Waals surface area contributed by atoms with Gasteiger partial charge in [0, 0.05) is 24.8 Å². The summed E-state index contributed by atoms with van der Waals surface area (Å²) in [6, 6.07) is 19.5. The van der Waals surface area contributed by atoms with E-state index in [9.17, 15) is 9.59 Å². The largest absolute Gasteiger partial charge is 0.466 e. The predicted octanol–water partition coefficient (Wildman–Crippen LogP) is 3.95. The molecule has 1 fully saturated rings. The van der Waals surface area contributed by atoms with Crippen molar-refractivity contribution in [2.75, 3.05) is 19.7 Å².